The van der Waals surface area contributed by atoms with Gasteiger partial charge >= 0.3 is 0 Å². The second-order valence-electron chi connectivity index (χ2n) is 5.89. The molecule has 1 N–H and O–H groups in total. The van der Waals surface area contributed by atoms with E-state index in [1.807, 2.05) is 19.3 Å². The van der Waals surface area contributed by atoms with Crippen LogP contribution in [-0.2, 0) is 0 Å². The van der Waals surface area contributed by atoms with E-state index in [0.717, 1.165) is 12.5 Å². The van der Waals surface area contributed by atoms with E-state index in [1.165, 1.54) is 16.5 Å². The molecule has 18 heavy (non-hydrogen) atoms. The largest absolute Gasteiger partial charge is 0.319 e. The van der Waals surface area contributed by atoms with Crippen molar-refractivity contribution in [3.8, 4) is 0 Å². The summed E-state index contributed by atoms with van der Waals surface area (Å²) in [5.74, 6) is 1.35. The molecule has 2 heteroatoms. The lowest BCUT2D eigenvalue weighted by atomic mass is 10.0. The number of rotatable bonds is 3. The Hall–Kier alpha value is -1.41. The molecule has 2 atom stereocenters. The number of benzene rings is 1. The fourth-order valence-corrected chi connectivity index (χ4v) is 3.34. The van der Waals surface area contributed by atoms with Crippen LogP contribution in [0.15, 0.2) is 36.5 Å². The number of nitrogens with one attached hydrogen (secondary N) is 1. The molecule has 0 amide bonds. The Kier molecular flexibility index (Phi) is 2.63. The predicted octanol–water partition coefficient (Wildman–Crippen LogP) is 3.19. The monoisotopic (exact) mass is 240 g/mol. The van der Waals surface area contributed by atoms with E-state index >= 15 is 0 Å². The highest BCUT2D eigenvalue weighted by Gasteiger charge is 2.57. The molecular weight excluding hydrogens is 220 g/mol. The van der Waals surface area contributed by atoms with Crippen molar-refractivity contribution in [2.45, 2.75) is 19.8 Å². The van der Waals surface area contributed by atoms with E-state index in [-0.39, 0.29) is 0 Å². The Morgan fingerprint density at radius 3 is 2.78 bits per heavy atom. The molecular formula is C16H20N2. The van der Waals surface area contributed by atoms with E-state index in [0.29, 0.717) is 11.3 Å². The molecule has 2 unspecified atom stereocenters. The molecule has 1 heterocycles. The molecule has 0 radical (unpaired) electrons. The molecule has 1 fully saturated rings. The van der Waals surface area contributed by atoms with Gasteiger partial charge in [-0.05, 0) is 42.5 Å². The van der Waals surface area contributed by atoms with Crippen LogP contribution in [0.3, 0.4) is 0 Å². The highest BCUT2D eigenvalue weighted by Crippen LogP contribution is 2.64. The Morgan fingerprint density at radius 1 is 1.22 bits per heavy atom. The molecule has 2 aromatic rings. The van der Waals surface area contributed by atoms with Crippen LogP contribution in [-0.4, -0.2) is 18.6 Å². The maximum Gasteiger partial charge on any atom is 0.0737 e. The minimum Gasteiger partial charge on any atom is -0.319 e. The summed E-state index contributed by atoms with van der Waals surface area (Å²) in [5, 5.41) is 4.56. The van der Waals surface area contributed by atoms with Crippen molar-refractivity contribution < 1.29 is 0 Å². The van der Waals surface area contributed by atoms with Crippen LogP contribution < -0.4 is 5.32 Å². The summed E-state index contributed by atoms with van der Waals surface area (Å²) in [6.45, 7) is 5.81. The zero-order chi connectivity index (χ0) is 12.8. The van der Waals surface area contributed by atoms with Gasteiger partial charge in [0.1, 0.15) is 0 Å². The van der Waals surface area contributed by atoms with Gasteiger partial charge in [0.25, 0.3) is 0 Å². The van der Waals surface area contributed by atoms with Crippen LogP contribution in [0.25, 0.3) is 10.9 Å². The second-order valence-corrected chi connectivity index (χ2v) is 5.89. The summed E-state index contributed by atoms with van der Waals surface area (Å²) in [7, 11) is 2.03. The van der Waals surface area contributed by atoms with Crippen LogP contribution in [0.4, 0.5) is 0 Å². The van der Waals surface area contributed by atoms with Crippen molar-refractivity contribution in [2.75, 3.05) is 13.6 Å². The van der Waals surface area contributed by atoms with Crippen molar-refractivity contribution in [3.63, 3.8) is 0 Å². The summed E-state index contributed by atoms with van der Waals surface area (Å²) in [4.78, 5) is 4.58. The van der Waals surface area contributed by atoms with E-state index in [4.69, 9.17) is 0 Å². The SMILES string of the molecule is CNCC1C(c2cccc3cccnc23)C1(C)C. The molecule has 3 rings (SSSR count). The van der Waals surface area contributed by atoms with Crippen molar-refractivity contribution in [3.05, 3.63) is 42.1 Å². The first-order chi connectivity index (χ1) is 8.66. The minimum atomic E-state index is 0.384. The van der Waals surface area contributed by atoms with Gasteiger partial charge in [0.05, 0.1) is 5.52 Å². The van der Waals surface area contributed by atoms with Gasteiger partial charge in [0.15, 0.2) is 0 Å². The molecule has 0 spiro atoms. The Labute approximate surface area is 108 Å². The highest BCUT2D eigenvalue weighted by atomic mass is 14.9. The molecule has 0 bridgehead atoms. The normalized spacial score (nSPS) is 25.3. The zero-order valence-electron chi connectivity index (χ0n) is 11.3. The molecule has 0 saturated heterocycles. The van der Waals surface area contributed by atoms with Gasteiger partial charge in [-0.1, -0.05) is 38.1 Å². The first-order valence-corrected chi connectivity index (χ1v) is 6.64. The van der Waals surface area contributed by atoms with Crippen molar-refractivity contribution in [1.82, 2.24) is 10.3 Å². The van der Waals surface area contributed by atoms with Crippen molar-refractivity contribution in [2.24, 2.45) is 11.3 Å². The zero-order valence-corrected chi connectivity index (χ0v) is 11.3. The second kappa shape index (κ2) is 4.06. The average Bonchev–Trinajstić information content (AvgIpc) is 2.91. The number of nitrogens with zero attached hydrogens (tertiary/aromatic N) is 1. The maximum absolute atomic E-state index is 4.58. The molecule has 0 aliphatic heterocycles. The highest BCUT2D eigenvalue weighted by molar-refractivity contribution is 5.82. The van der Waals surface area contributed by atoms with Gasteiger partial charge in [0.2, 0.25) is 0 Å². The average molecular weight is 240 g/mol. The summed E-state index contributed by atoms with van der Waals surface area (Å²) in [6.07, 6.45) is 1.90. The van der Waals surface area contributed by atoms with Crippen LogP contribution in [0, 0.1) is 11.3 Å². The predicted molar refractivity (Wildman–Crippen MR) is 75.7 cm³/mol. The third-order valence-electron chi connectivity index (χ3n) is 4.47. The Bertz CT molecular complexity index is 569. The summed E-state index contributed by atoms with van der Waals surface area (Å²) in [5.41, 5.74) is 2.98. The lowest BCUT2D eigenvalue weighted by molar-refractivity contribution is 0.536. The quantitative estimate of drug-likeness (QED) is 0.891. The number of hydrogen-bond acceptors (Lipinski definition) is 2. The number of aromatic nitrogens is 1. The van der Waals surface area contributed by atoms with Crippen LogP contribution in [0.5, 0.6) is 0 Å². The lowest BCUT2D eigenvalue weighted by Gasteiger charge is -2.06. The standard InChI is InChI=1S/C16H20N2/c1-16(2)13(10-17-3)14(16)12-8-4-6-11-7-5-9-18-15(11)12/h4-9,13-14,17H,10H2,1-3H3. The molecule has 1 aliphatic carbocycles. The number of hydrogen-bond donors (Lipinski definition) is 1. The van der Waals surface area contributed by atoms with E-state index in [2.05, 4.69) is 48.4 Å². The molecule has 1 aromatic heterocycles. The molecule has 2 nitrogen and oxygen atoms in total. The Balaban J connectivity index is 2.06. The molecule has 1 aromatic carbocycles. The lowest BCUT2D eigenvalue weighted by Crippen LogP contribution is -2.12. The maximum atomic E-state index is 4.58. The fraction of sp³-hybridized carbons (Fsp3) is 0.438. The smallest absolute Gasteiger partial charge is 0.0737 e. The number of fused-ring (bicyclic) bond motifs is 1. The third kappa shape index (κ3) is 1.64. The topological polar surface area (TPSA) is 24.9 Å². The van der Waals surface area contributed by atoms with E-state index in [9.17, 15) is 0 Å². The summed E-state index contributed by atoms with van der Waals surface area (Å²) in [6, 6.07) is 10.7. The van der Waals surface area contributed by atoms with Crippen molar-refractivity contribution in [1.29, 1.82) is 0 Å². The van der Waals surface area contributed by atoms with Gasteiger partial charge in [-0.2, -0.15) is 0 Å². The van der Waals surface area contributed by atoms with Crippen LogP contribution in [0.2, 0.25) is 0 Å². The molecule has 94 valence electrons. The first kappa shape index (κ1) is 11.7. The van der Waals surface area contributed by atoms with Gasteiger partial charge in [-0.3, -0.25) is 4.98 Å². The van der Waals surface area contributed by atoms with Gasteiger partial charge in [-0.15, -0.1) is 0 Å². The van der Waals surface area contributed by atoms with E-state index < -0.39 is 0 Å². The minimum absolute atomic E-state index is 0.384. The van der Waals surface area contributed by atoms with Gasteiger partial charge in [-0.25, -0.2) is 0 Å². The Morgan fingerprint density at radius 2 is 2.00 bits per heavy atom. The summed E-state index contributed by atoms with van der Waals surface area (Å²) >= 11 is 0. The third-order valence-corrected chi connectivity index (χ3v) is 4.47. The van der Waals surface area contributed by atoms with E-state index in [1.54, 1.807) is 0 Å². The van der Waals surface area contributed by atoms with Crippen molar-refractivity contribution >= 4 is 10.9 Å². The molecule has 1 aliphatic rings. The molecule has 1 saturated carbocycles. The first-order valence-electron chi connectivity index (χ1n) is 6.64. The number of pyridine rings is 1. The van der Waals surface area contributed by atoms with Gasteiger partial charge in [0, 0.05) is 11.6 Å². The van der Waals surface area contributed by atoms with Gasteiger partial charge < -0.3 is 5.32 Å². The fourth-order valence-electron chi connectivity index (χ4n) is 3.34. The van der Waals surface area contributed by atoms with Crippen LogP contribution >= 0.6 is 0 Å². The number of para-hydroxylation sites is 1. The van der Waals surface area contributed by atoms with Crippen LogP contribution in [0.1, 0.15) is 25.3 Å². The summed E-state index contributed by atoms with van der Waals surface area (Å²) < 4.78 is 0.